The number of pyridine rings is 1. The van der Waals surface area contributed by atoms with E-state index < -0.39 is 0 Å². The normalized spacial score (nSPS) is 10.8. The first-order valence-electron chi connectivity index (χ1n) is 4.92. The minimum Gasteiger partial charge on any atom is -0.305 e. The number of benzene rings is 1. The van der Waals surface area contributed by atoms with Gasteiger partial charge in [-0.2, -0.15) is 5.48 Å². The molecule has 0 radical (unpaired) electrons. The Morgan fingerprint density at radius 1 is 1.27 bits per heavy atom. The summed E-state index contributed by atoms with van der Waals surface area (Å²) in [6, 6.07) is 10.3. The third-order valence-corrected chi connectivity index (χ3v) is 2.31. The number of aryl methyl sites for hydroxylation is 1. The van der Waals surface area contributed by atoms with Crippen LogP contribution in [0.4, 0.5) is 0 Å². The van der Waals surface area contributed by atoms with Gasteiger partial charge in [0.05, 0.1) is 12.6 Å². The Balaban J connectivity index is 2.34. The molecule has 0 unspecified atom stereocenters. The van der Waals surface area contributed by atoms with Crippen LogP contribution < -0.4 is 5.48 Å². The molecule has 0 bridgehead atoms. The SMILES string of the molecule is CONCc1ccc2nc(C)ccc2c1. The van der Waals surface area contributed by atoms with Gasteiger partial charge in [0.15, 0.2) is 0 Å². The summed E-state index contributed by atoms with van der Waals surface area (Å²) in [6.45, 7) is 2.71. The van der Waals surface area contributed by atoms with Crippen LogP contribution in [0, 0.1) is 6.92 Å². The van der Waals surface area contributed by atoms with Gasteiger partial charge in [-0.25, -0.2) is 0 Å². The first-order valence-corrected chi connectivity index (χ1v) is 4.92. The van der Waals surface area contributed by atoms with E-state index in [0.29, 0.717) is 6.54 Å². The highest BCUT2D eigenvalue weighted by Gasteiger charge is 1.97. The molecule has 1 aromatic carbocycles. The van der Waals surface area contributed by atoms with Crippen molar-refractivity contribution in [2.24, 2.45) is 0 Å². The van der Waals surface area contributed by atoms with Crippen LogP contribution in [-0.2, 0) is 11.4 Å². The lowest BCUT2D eigenvalue weighted by Gasteiger charge is -2.04. The van der Waals surface area contributed by atoms with Gasteiger partial charge in [-0.3, -0.25) is 4.98 Å². The Morgan fingerprint density at radius 3 is 2.93 bits per heavy atom. The van der Waals surface area contributed by atoms with E-state index in [1.807, 2.05) is 19.1 Å². The number of hydroxylamine groups is 1. The Hall–Kier alpha value is -1.45. The van der Waals surface area contributed by atoms with Crippen LogP contribution >= 0.6 is 0 Å². The van der Waals surface area contributed by atoms with E-state index in [1.165, 1.54) is 5.56 Å². The lowest BCUT2D eigenvalue weighted by molar-refractivity contribution is 0.0867. The van der Waals surface area contributed by atoms with Crippen molar-refractivity contribution in [2.75, 3.05) is 7.11 Å². The van der Waals surface area contributed by atoms with Crippen molar-refractivity contribution >= 4 is 10.9 Å². The first kappa shape index (κ1) is 10.1. The predicted octanol–water partition coefficient (Wildman–Crippen LogP) is 2.19. The number of fused-ring (bicyclic) bond motifs is 1. The van der Waals surface area contributed by atoms with Crippen molar-refractivity contribution in [3.63, 3.8) is 0 Å². The Bertz CT molecular complexity index is 468. The lowest BCUT2D eigenvalue weighted by atomic mass is 10.1. The van der Waals surface area contributed by atoms with Crippen molar-refractivity contribution < 1.29 is 4.84 Å². The maximum Gasteiger partial charge on any atom is 0.0705 e. The fourth-order valence-corrected chi connectivity index (χ4v) is 1.54. The monoisotopic (exact) mass is 202 g/mol. The Kier molecular flexibility index (Phi) is 2.94. The zero-order valence-corrected chi connectivity index (χ0v) is 8.95. The van der Waals surface area contributed by atoms with E-state index in [4.69, 9.17) is 4.84 Å². The topological polar surface area (TPSA) is 34.1 Å². The third kappa shape index (κ3) is 2.32. The molecule has 0 fully saturated rings. The molecule has 3 nitrogen and oxygen atoms in total. The van der Waals surface area contributed by atoms with Crippen molar-refractivity contribution in [1.29, 1.82) is 0 Å². The average molecular weight is 202 g/mol. The van der Waals surface area contributed by atoms with Crippen LogP contribution in [0.2, 0.25) is 0 Å². The van der Waals surface area contributed by atoms with E-state index in [0.717, 1.165) is 16.6 Å². The van der Waals surface area contributed by atoms with Gasteiger partial charge in [-0.1, -0.05) is 12.1 Å². The molecule has 0 spiro atoms. The molecule has 0 aliphatic heterocycles. The zero-order chi connectivity index (χ0) is 10.7. The van der Waals surface area contributed by atoms with E-state index in [2.05, 4.69) is 28.7 Å². The van der Waals surface area contributed by atoms with Gasteiger partial charge in [-0.15, -0.1) is 0 Å². The van der Waals surface area contributed by atoms with Crippen molar-refractivity contribution in [2.45, 2.75) is 13.5 Å². The third-order valence-electron chi connectivity index (χ3n) is 2.31. The second-order valence-electron chi connectivity index (χ2n) is 3.50. The second kappa shape index (κ2) is 4.38. The molecule has 1 aromatic heterocycles. The summed E-state index contributed by atoms with van der Waals surface area (Å²) in [5.41, 5.74) is 6.09. The fraction of sp³-hybridized carbons (Fsp3) is 0.250. The van der Waals surface area contributed by atoms with E-state index in [-0.39, 0.29) is 0 Å². The molecule has 0 atom stereocenters. The summed E-state index contributed by atoms with van der Waals surface area (Å²) in [7, 11) is 1.62. The molecule has 1 heterocycles. The standard InChI is InChI=1S/C12H14N2O/c1-9-3-5-11-7-10(8-13-15-2)4-6-12(11)14-9/h3-7,13H,8H2,1-2H3. The molecule has 0 amide bonds. The van der Waals surface area contributed by atoms with Gasteiger partial charge < -0.3 is 4.84 Å². The van der Waals surface area contributed by atoms with Crippen LogP contribution in [0.15, 0.2) is 30.3 Å². The van der Waals surface area contributed by atoms with Gasteiger partial charge in [0.2, 0.25) is 0 Å². The Labute approximate surface area is 89.0 Å². The maximum atomic E-state index is 4.81. The predicted molar refractivity (Wildman–Crippen MR) is 60.3 cm³/mol. The molecular weight excluding hydrogens is 188 g/mol. The van der Waals surface area contributed by atoms with Gasteiger partial charge in [-0.05, 0) is 30.7 Å². The van der Waals surface area contributed by atoms with Crippen LogP contribution in [-0.4, -0.2) is 12.1 Å². The van der Waals surface area contributed by atoms with Crippen LogP contribution in [0.5, 0.6) is 0 Å². The number of rotatable bonds is 3. The molecule has 3 heteroatoms. The highest BCUT2D eigenvalue weighted by atomic mass is 16.6. The lowest BCUT2D eigenvalue weighted by Crippen LogP contribution is -2.10. The van der Waals surface area contributed by atoms with E-state index >= 15 is 0 Å². The van der Waals surface area contributed by atoms with Crippen LogP contribution in [0.3, 0.4) is 0 Å². The highest BCUT2D eigenvalue weighted by molar-refractivity contribution is 5.79. The van der Waals surface area contributed by atoms with Crippen molar-refractivity contribution in [3.8, 4) is 0 Å². The first-order chi connectivity index (χ1) is 7.29. The average Bonchev–Trinajstić information content (AvgIpc) is 2.26. The second-order valence-corrected chi connectivity index (χ2v) is 3.50. The van der Waals surface area contributed by atoms with E-state index in [9.17, 15) is 0 Å². The maximum absolute atomic E-state index is 4.81. The minimum absolute atomic E-state index is 0.709. The van der Waals surface area contributed by atoms with Crippen LogP contribution in [0.1, 0.15) is 11.3 Å². The molecule has 2 rings (SSSR count). The number of nitrogens with zero attached hydrogens (tertiary/aromatic N) is 1. The fourth-order valence-electron chi connectivity index (χ4n) is 1.54. The molecule has 15 heavy (non-hydrogen) atoms. The van der Waals surface area contributed by atoms with E-state index in [1.54, 1.807) is 7.11 Å². The molecule has 1 N–H and O–H groups in total. The van der Waals surface area contributed by atoms with Gasteiger partial charge >= 0.3 is 0 Å². The zero-order valence-electron chi connectivity index (χ0n) is 8.95. The summed E-state index contributed by atoms with van der Waals surface area (Å²) in [4.78, 5) is 9.26. The van der Waals surface area contributed by atoms with Crippen molar-refractivity contribution in [3.05, 3.63) is 41.6 Å². The van der Waals surface area contributed by atoms with Gasteiger partial charge in [0.1, 0.15) is 0 Å². The molecular formula is C12H14N2O. The summed E-state index contributed by atoms with van der Waals surface area (Å²) >= 11 is 0. The summed E-state index contributed by atoms with van der Waals surface area (Å²) < 4.78 is 0. The Morgan fingerprint density at radius 2 is 2.13 bits per heavy atom. The van der Waals surface area contributed by atoms with Gasteiger partial charge in [0.25, 0.3) is 0 Å². The number of hydrogen-bond donors (Lipinski definition) is 1. The number of aromatic nitrogens is 1. The molecule has 0 aliphatic rings. The highest BCUT2D eigenvalue weighted by Crippen LogP contribution is 2.14. The van der Waals surface area contributed by atoms with Crippen molar-refractivity contribution in [1.82, 2.24) is 10.5 Å². The largest absolute Gasteiger partial charge is 0.305 e. The number of hydrogen-bond acceptors (Lipinski definition) is 3. The smallest absolute Gasteiger partial charge is 0.0705 e. The molecule has 0 saturated carbocycles. The van der Waals surface area contributed by atoms with Crippen LogP contribution in [0.25, 0.3) is 10.9 Å². The summed E-state index contributed by atoms with van der Waals surface area (Å²) in [6.07, 6.45) is 0. The molecule has 2 aromatic rings. The summed E-state index contributed by atoms with van der Waals surface area (Å²) in [5, 5.41) is 1.16. The molecule has 0 aliphatic carbocycles. The minimum atomic E-state index is 0.709. The quantitative estimate of drug-likeness (QED) is 0.775. The molecule has 78 valence electrons. The number of nitrogens with one attached hydrogen (secondary N) is 1. The molecule has 0 saturated heterocycles. The van der Waals surface area contributed by atoms with Gasteiger partial charge in [0, 0.05) is 17.6 Å². The summed E-state index contributed by atoms with van der Waals surface area (Å²) in [5.74, 6) is 0.